The van der Waals surface area contributed by atoms with E-state index in [1.165, 1.54) is 16.8 Å². The van der Waals surface area contributed by atoms with Gasteiger partial charge in [0.25, 0.3) is 0 Å². The number of hydrogen-bond acceptors (Lipinski definition) is 5. The summed E-state index contributed by atoms with van der Waals surface area (Å²) in [6.07, 6.45) is 1.63. The maximum Gasteiger partial charge on any atom is 0.213 e. The molecule has 1 aromatic carbocycles. The summed E-state index contributed by atoms with van der Waals surface area (Å²) in [6.45, 7) is 4.27. The molecule has 3 rings (SSSR count). The largest absolute Gasteiger partial charge is 0.475 e. The molecule has 27 heavy (non-hydrogen) atoms. The number of aryl methyl sites for hydroxylation is 1. The molecular formula is C19H20F2N4O2. The van der Waals surface area contributed by atoms with Crippen LogP contribution in [-0.4, -0.2) is 33.1 Å². The molecule has 0 saturated heterocycles. The first-order valence-corrected chi connectivity index (χ1v) is 8.43. The van der Waals surface area contributed by atoms with Crippen molar-refractivity contribution in [3.8, 4) is 11.6 Å². The molecule has 2 aromatic heterocycles. The van der Waals surface area contributed by atoms with Crippen LogP contribution in [0.3, 0.4) is 0 Å². The topological polar surface area (TPSA) is 72.2 Å². The summed E-state index contributed by atoms with van der Waals surface area (Å²) in [4.78, 5) is 4.14. The number of benzene rings is 1. The average Bonchev–Trinajstić information content (AvgIpc) is 2.93. The molecule has 8 heteroatoms. The van der Waals surface area contributed by atoms with Crippen LogP contribution in [0.25, 0.3) is 5.69 Å². The van der Waals surface area contributed by atoms with E-state index in [2.05, 4.69) is 15.4 Å². The number of aliphatic hydroxyl groups is 1. The Hall–Kier alpha value is -3.00. The lowest BCUT2D eigenvalue weighted by Crippen LogP contribution is -2.05. The van der Waals surface area contributed by atoms with Gasteiger partial charge in [-0.15, -0.1) is 0 Å². The van der Waals surface area contributed by atoms with Crippen molar-refractivity contribution in [2.24, 2.45) is 0 Å². The molecular weight excluding hydrogens is 354 g/mol. The van der Waals surface area contributed by atoms with Gasteiger partial charge in [-0.1, -0.05) is 0 Å². The number of aliphatic hydroxyl groups excluding tert-OH is 1. The van der Waals surface area contributed by atoms with Crippen molar-refractivity contribution in [3.05, 3.63) is 65.1 Å². The van der Waals surface area contributed by atoms with Gasteiger partial charge < -0.3 is 15.2 Å². The summed E-state index contributed by atoms with van der Waals surface area (Å²) in [5.41, 5.74) is 3.42. The van der Waals surface area contributed by atoms with E-state index in [4.69, 9.17) is 9.84 Å². The Bertz CT molecular complexity index is 926. The number of pyridine rings is 1. The Balaban J connectivity index is 1.75. The SMILES string of the molecule is Cc1nn(-c2ccc(F)cc2F)c(C)c1CNc1ccc(OCCO)nc1. The number of nitrogens with one attached hydrogen (secondary N) is 1. The molecule has 3 aromatic rings. The highest BCUT2D eigenvalue weighted by Gasteiger charge is 2.15. The highest BCUT2D eigenvalue weighted by Crippen LogP contribution is 2.22. The van der Waals surface area contributed by atoms with Crippen LogP contribution in [0.5, 0.6) is 5.88 Å². The van der Waals surface area contributed by atoms with Gasteiger partial charge in [-0.2, -0.15) is 5.10 Å². The highest BCUT2D eigenvalue weighted by molar-refractivity contribution is 5.45. The molecule has 142 valence electrons. The second-order valence-electron chi connectivity index (χ2n) is 5.97. The molecule has 0 amide bonds. The molecule has 2 N–H and O–H groups in total. The van der Waals surface area contributed by atoms with Crippen molar-refractivity contribution in [1.82, 2.24) is 14.8 Å². The average molecular weight is 374 g/mol. The Morgan fingerprint density at radius 1 is 1.19 bits per heavy atom. The van der Waals surface area contributed by atoms with Crippen molar-refractivity contribution in [3.63, 3.8) is 0 Å². The van der Waals surface area contributed by atoms with Gasteiger partial charge in [0.1, 0.15) is 18.1 Å². The van der Waals surface area contributed by atoms with Crippen molar-refractivity contribution in [1.29, 1.82) is 0 Å². The summed E-state index contributed by atoms with van der Waals surface area (Å²) in [5.74, 6) is -0.858. The molecule has 0 aliphatic rings. The summed E-state index contributed by atoms with van der Waals surface area (Å²) >= 11 is 0. The van der Waals surface area contributed by atoms with Crippen molar-refractivity contribution >= 4 is 5.69 Å². The second-order valence-corrected chi connectivity index (χ2v) is 5.97. The van der Waals surface area contributed by atoms with Crippen molar-refractivity contribution in [2.75, 3.05) is 18.5 Å². The van der Waals surface area contributed by atoms with E-state index in [-0.39, 0.29) is 18.9 Å². The van der Waals surface area contributed by atoms with Gasteiger partial charge in [-0.3, -0.25) is 0 Å². The molecule has 0 unspecified atom stereocenters. The Morgan fingerprint density at radius 3 is 2.67 bits per heavy atom. The van der Waals surface area contributed by atoms with Gasteiger partial charge in [0.05, 0.1) is 24.2 Å². The third-order valence-corrected chi connectivity index (χ3v) is 4.13. The number of aromatic nitrogens is 3. The summed E-state index contributed by atoms with van der Waals surface area (Å²) in [7, 11) is 0. The molecule has 0 fully saturated rings. The zero-order valence-electron chi connectivity index (χ0n) is 15.0. The minimum absolute atomic E-state index is 0.0706. The summed E-state index contributed by atoms with van der Waals surface area (Å²) < 4.78 is 33.9. The number of anilines is 1. The van der Waals surface area contributed by atoms with Gasteiger partial charge in [0.2, 0.25) is 5.88 Å². The lowest BCUT2D eigenvalue weighted by Gasteiger charge is -2.09. The first-order valence-electron chi connectivity index (χ1n) is 8.43. The van der Waals surface area contributed by atoms with Crippen LogP contribution in [-0.2, 0) is 6.54 Å². The molecule has 0 aliphatic carbocycles. The van der Waals surface area contributed by atoms with Crippen LogP contribution in [0.15, 0.2) is 36.5 Å². The lowest BCUT2D eigenvalue weighted by atomic mass is 10.2. The lowest BCUT2D eigenvalue weighted by molar-refractivity contribution is 0.196. The number of hydrogen-bond donors (Lipinski definition) is 2. The number of rotatable bonds is 7. The zero-order valence-corrected chi connectivity index (χ0v) is 15.0. The van der Waals surface area contributed by atoms with Crippen molar-refractivity contribution < 1.29 is 18.6 Å². The molecule has 0 aliphatic heterocycles. The third kappa shape index (κ3) is 4.22. The first kappa shape index (κ1) is 18.8. The minimum Gasteiger partial charge on any atom is -0.475 e. The molecule has 0 spiro atoms. The van der Waals surface area contributed by atoms with Crippen molar-refractivity contribution in [2.45, 2.75) is 20.4 Å². The minimum atomic E-state index is -0.664. The molecule has 0 radical (unpaired) electrons. The van der Waals surface area contributed by atoms with E-state index in [0.717, 1.165) is 28.7 Å². The van der Waals surface area contributed by atoms with E-state index in [9.17, 15) is 8.78 Å². The predicted octanol–water partition coefficient (Wildman–Crippen LogP) is 3.15. The predicted molar refractivity (Wildman–Crippen MR) is 97.1 cm³/mol. The highest BCUT2D eigenvalue weighted by atomic mass is 19.1. The van der Waals surface area contributed by atoms with Gasteiger partial charge >= 0.3 is 0 Å². The monoisotopic (exact) mass is 374 g/mol. The van der Waals surface area contributed by atoms with E-state index in [0.29, 0.717) is 12.4 Å². The molecule has 0 saturated carbocycles. The van der Waals surface area contributed by atoms with Crippen LogP contribution >= 0.6 is 0 Å². The van der Waals surface area contributed by atoms with E-state index >= 15 is 0 Å². The molecule has 0 bridgehead atoms. The molecule has 0 atom stereocenters. The van der Waals surface area contributed by atoms with E-state index in [1.54, 1.807) is 12.3 Å². The fourth-order valence-corrected chi connectivity index (χ4v) is 2.73. The normalized spacial score (nSPS) is 10.9. The number of nitrogens with zero attached hydrogens (tertiary/aromatic N) is 3. The Labute approximate surface area is 155 Å². The van der Waals surface area contributed by atoms with E-state index < -0.39 is 11.6 Å². The Kier molecular flexibility index (Phi) is 5.66. The van der Waals surface area contributed by atoms with Crippen LogP contribution in [0.2, 0.25) is 0 Å². The maximum absolute atomic E-state index is 14.1. The smallest absolute Gasteiger partial charge is 0.213 e. The van der Waals surface area contributed by atoms with Crippen LogP contribution in [0.1, 0.15) is 17.0 Å². The standard InChI is InChI=1S/C19H20F2N4O2/c1-12-16(11-22-15-4-6-19(23-10-15)27-8-7-26)13(2)25(24-12)18-5-3-14(20)9-17(18)21/h3-6,9-10,22,26H,7-8,11H2,1-2H3. The quantitative estimate of drug-likeness (QED) is 0.665. The fourth-order valence-electron chi connectivity index (χ4n) is 2.73. The van der Waals surface area contributed by atoms with Crippen LogP contribution < -0.4 is 10.1 Å². The second kappa shape index (κ2) is 8.13. The summed E-state index contributed by atoms with van der Waals surface area (Å²) in [6, 6.07) is 6.94. The van der Waals surface area contributed by atoms with Crippen LogP contribution in [0, 0.1) is 25.5 Å². The molecule has 6 nitrogen and oxygen atoms in total. The summed E-state index contributed by atoms with van der Waals surface area (Å²) in [5, 5.41) is 16.4. The third-order valence-electron chi connectivity index (χ3n) is 4.13. The van der Waals surface area contributed by atoms with Crippen LogP contribution in [0.4, 0.5) is 14.5 Å². The number of halogens is 2. The first-order chi connectivity index (χ1) is 13.0. The van der Waals surface area contributed by atoms with Gasteiger partial charge in [-0.05, 0) is 32.0 Å². The number of ether oxygens (including phenoxy) is 1. The molecule has 2 heterocycles. The van der Waals surface area contributed by atoms with Gasteiger partial charge in [-0.25, -0.2) is 18.4 Å². The Morgan fingerprint density at radius 2 is 2.00 bits per heavy atom. The van der Waals surface area contributed by atoms with Gasteiger partial charge in [0.15, 0.2) is 5.82 Å². The fraction of sp³-hybridized carbons (Fsp3) is 0.263. The zero-order chi connectivity index (χ0) is 19.4. The van der Waals surface area contributed by atoms with E-state index in [1.807, 2.05) is 19.9 Å². The maximum atomic E-state index is 14.1. The van der Waals surface area contributed by atoms with Gasteiger partial charge in [0, 0.05) is 29.9 Å².